The van der Waals surface area contributed by atoms with E-state index in [1.54, 1.807) is 6.07 Å². The Morgan fingerprint density at radius 2 is 2.00 bits per heavy atom. The van der Waals surface area contributed by atoms with E-state index in [2.05, 4.69) is 43.4 Å². The average molecular weight is 392 g/mol. The highest BCUT2D eigenvalue weighted by molar-refractivity contribution is 5.67. The summed E-state index contributed by atoms with van der Waals surface area (Å²) in [6.45, 7) is 14.3. The normalized spacial score (nSPS) is 21.3. The first-order valence-corrected chi connectivity index (χ1v) is 10.2. The Labute approximate surface area is 169 Å². The molecular formula is C22H37N3O3. The minimum absolute atomic E-state index is 0.160. The first kappa shape index (κ1) is 22.5. The van der Waals surface area contributed by atoms with E-state index < -0.39 is 11.7 Å². The van der Waals surface area contributed by atoms with Crippen LogP contribution in [0.25, 0.3) is 0 Å². The molecule has 3 N–H and O–H groups in total. The predicted octanol–water partition coefficient (Wildman–Crippen LogP) is 3.03. The number of likely N-dealkylation sites (N-methyl/N-ethyl adjacent to an activating group) is 1. The highest BCUT2D eigenvalue weighted by Gasteiger charge is 2.43. The molecular weight excluding hydrogens is 354 g/mol. The molecule has 0 aromatic heterocycles. The summed E-state index contributed by atoms with van der Waals surface area (Å²) in [7, 11) is 2.15. The molecule has 6 nitrogen and oxygen atoms in total. The molecule has 2 atom stereocenters. The maximum atomic E-state index is 11.9. The Balaban J connectivity index is 2.10. The summed E-state index contributed by atoms with van der Waals surface area (Å²) in [5.41, 5.74) is 1.82. The second-order valence-corrected chi connectivity index (χ2v) is 9.27. The van der Waals surface area contributed by atoms with Gasteiger partial charge < -0.3 is 25.4 Å². The van der Waals surface area contributed by atoms with Gasteiger partial charge in [0.1, 0.15) is 11.4 Å². The van der Waals surface area contributed by atoms with Crippen LogP contribution < -0.4 is 10.6 Å². The van der Waals surface area contributed by atoms with Crippen molar-refractivity contribution in [3.63, 3.8) is 0 Å². The number of ether oxygens (including phenoxy) is 1. The zero-order valence-electron chi connectivity index (χ0n) is 18.4. The molecule has 1 amide bonds. The van der Waals surface area contributed by atoms with Crippen LogP contribution in [-0.4, -0.2) is 60.5 Å². The van der Waals surface area contributed by atoms with Gasteiger partial charge in [-0.1, -0.05) is 26.8 Å². The van der Waals surface area contributed by atoms with Crippen LogP contribution in [0.5, 0.6) is 5.75 Å². The molecule has 2 rings (SSSR count). The average Bonchev–Trinajstić information content (AvgIpc) is 2.58. The van der Waals surface area contributed by atoms with Gasteiger partial charge in [0.25, 0.3) is 0 Å². The first-order chi connectivity index (χ1) is 13.0. The van der Waals surface area contributed by atoms with Crippen LogP contribution in [-0.2, 0) is 16.6 Å². The lowest BCUT2D eigenvalue weighted by Crippen LogP contribution is -2.61. The lowest BCUT2D eigenvalue weighted by molar-refractivity contribution is 0.0526. The van der Waals surface area contributed by atoms with E-state index in [0.717, 1.165) is 13.0 Å². The zero-order valence-corrected chi connectivity index (χ0v) is 18.4. The summed E-state index contributed by atoms with van der Waals surface area (Å²) < 4.78 is 5.29. The lowest BCUT2D eigenvalue weighted by Gasteiger charge is -2.48. The molecule has 158 valence electrons. The Hall–Kier alpha value is -1.79. The van der Waals surface area contributed by atoms with Gasteiger partial charge in [-0.15, -0.1) is 0 Å². The number of carbonyl (C=O) groups excluding carboxylic acids is 1. The van der Waals surface area contributed by atoms with Crippen LogP contribution in [0.4, 0.5) is 4.79 Å². The topological polar surface area (TPSA) is 73.8 Å². The van der Waals surface area contributed by atoms with Crippen LogP contribution in [0, 0.1) is 0 Å². The molecule has 0 heterocycles. The van der Waals surface area contributed by atoms with Crippen molar-refractivity contribution in [2.45, 2.75) is 71.1 Å². The van der Waals surface area contributed by atoms with E-state index in [-0.39, 0.29) is 11.5 Å². The number of phenolic OH excluding ortho intramolecular Hbond substituents is 1. The minimum Gasteiger partial charge on any atom is -0.508 e. The van der Waals surface area contributed by atoms with Gasteiger partial charge in [-0.2, -0.15) is 0 Å². The molecule has 0 spiro atoms. The first-order valence-electron chi connectivity index (χ1n) is 10.2. The molecule has 0 unspecified atom stereocenters. The molecule has 1 aromatic rings. The van der Waals surface area contributed by atoms with E-state index in [4.69, 9.17) is 4.74 Å². The van der Waals surface area contributed by atoms with E-state index >= 15 is 0 Å². The summed E-state index contributed by atoms with van der Waals surface area (Å²) in [5, 5.41) is 16.5. The monoisotopic (exact) mass is 391 g/mol. The van der Waals surface area contributed by atoms with Crippen molar-refractivity contribution in [3.8, 4) is 5.75 Å². The van der Waals surface area contributed by atoms with E-state index in [0.29, 0.717) is 24.9 Å². The number of rotatable bonds is 6. The Kier molecular flexibility index (Phi) is 6.99. The van der Waals surface area contributed by atoms with Gasteiger partial charge in [0.05, 0.1) is 0 Å². The number of amides is 1. The standard InChI is InChI=1S/C22H37N3O3/c1-8-25(7)18-13-15-9-10-16(26)14-17(15)22(5,6)19(18)23-11-12-24-20(27)28-21(2,3)4/h9-10,14,18-19,23,26H,8,11-13H2,1-7H3,(H,24,27)/t18-,19-/m1/s1. The van der Waals surface area contributed by atoms with Gasteiger partial charge in [0, 0.05) is 30.6 Å². The fraction of sp³-hybridized carbons (Fsp3) is 0.682. The minimum atomic E-state index is -0.497. The smallest absolute Gasteiger partial charge is 0.407 e. The molecule has 1 aliphatic rings. The second kappa shape index (κ2) is 8.70. The van der Waals surface area contributed by atoms with Crippen molar-refractivity contribution in [1.29, 1.82) is 0 Å². The molecule has 0 bridgehead atoms. The highest BCUT2D eigenvalue weighted by atomic mass is 16.6. The summed E-state index contributed by atoms with van der Waals surface area (Å²) in [5.74, 6) is 0.305. The van der Waals surface area contributed by atoms with Gasteiger partial charge in [-0.3, -0.25) is 0 Å². The van der Waals surface area contributed by atoms with Gasteiger partial charge in [0.15, 0.2) is 0 Å². The Morgan fingerprint density at radius 1 is 1.32 bits per heavy atom. The van der Waals surface area contributed by atoms with Gasteiger partial charge in [-0.05, 0) is 64.0 Å². The third kappa shape index (κ3) is 5.39. The number of carbonyl (C=O) groups is 1. The molecule has 1 aromatic carbocycles. The van der Waals surface area contributed by atoms with Crippen molar-refractivity contribution in [2.24, 2.45) is 0 Å². The number of fused-ring (bicyclic) bond motifs is 1. The molecule has 0 saturated heterocycles. The third-order valence-electron chi connectivity index (χ3n) is 5.60. The molecule has 0 fully saturated rings. The molecule has 0 aliphatic heterocycles. The van der Waals surface area contributed by atoms with Crippen molar-refractivity contribution in [2.75, 3.05) is 26.7 Å². The van der Waals surface area contributed by atoms with Gasteiger partial charge >= 0.3 is 6.09 Å². The maximum absolute atomic E-state index is 11.9. The number of phenols is 1. The predicted molar refractivity (Wildman–Crippen MR) is 113 cm³/mol. The summed E-state index contributed by atoms with van der Waals surface area (Å²) in [6, 6.07) is 6.23. The fourth-order valence-electron chi connectivity index (χ4n) is 4.08. The molecule has 28 heavy (non-hydrogen) atoms. The molecule has 0 radical (unpaired) electrons. The van der Waals surface area contributed by atoms with E-state index in [1.807, 2.05) is 32.9 Å². The number of hydrogen-bond donors (Lipinski definition) is 3. The van der Waals surface area contributed by atoms with Crippen LogP contribution >= 0.6 is 0 Å². The SMILES string of the molecule is CCN(C)[C@@H]1Cc2ccc(O)cc2C(C)(C)[C@@H]1NCCNC(=O)OC(C)(C)C. The van der Waals surface area contributed by atoms with Crippen molar-refractivity contribution < 1.29 is 14.6 Å². The maximum Gasteiger partial charge on any atom is 0.407 e. The quantitative estimate of drug-likeness (QED) is 0.650. The molecule has 6 heteroatoms. The van der Waals surface area contributed by atoms with Gasteiger partial charge in [0.2, 0.25) is 0 Å². The van der Waals surface area contributed by atoms with E-state index in [1.165, 1.54) is 11.1 Å². The Bertz CT molecular complexity index is 682. The highest BCUT2D eigenvalue weighted by Crippen LogP contribution is 2.40. The number of aromatic hydroxyl groups is 1. The van der Waals surface area contributed by atoms with Crippen molar-refractivity contribution in [3.05, 3.63) is 29.3 Å². The van der Waals surface area contributed by atoms with E-state index in [9.17, 15) is 9.90 Å². The van der Waals surface area contributed by atoms with Crippen LogP contribution in [0.1, 0.15) is 52.7 Å². The summed E-state index contributed by atoms with van der Waals surface area (Å²) in [4.78, 5) is 14.2. The summed E-state index contributed by atoms with van der Waals surface area (Å²) in [6.07, 6.45) is 0.537. The van der Waals surface area contributed by atoms with Gasteiger partial charge in [-0.25, -0.2) is 4.79 Å². The zero-order chi connectivity index (χ0) is 21.1. The number of nitrogens with zero attached hydrogens (tertiary/aromatic N) is 1. The van der Waals surface area contributed by atoms with Crippen LogP contribution in [0.15, 0.2) is 18.2 Å². The largest absolute Gasteiger partial charge is 0.508 e. The fourth-order valence-corrected chi connectivity index (χ4v) is 4.08. The lowest BCUT2D eigenvalue weighted by atomic mass is 9.66. The summed E-state index contributed by atoms with van der Waals surface area (Å²) >= 11 is 0. The molecule has 1 aliphatic carbocycles. The number of benzene rings is 1. The van der Waals surface area contributed by atoms with Crippen molar-refractivity contribution >= 4 is 6.09 Å². The second-order valence-electron chi connectivity index (χ2n) is 9.27. The van der Waals surface area contributed by atoms with Crippen LogP contribution in [0.2, 0.25) is 0 Å². The number of alkyl carbamates (subject to hydrolysis) is 1. The number of nitrogens with one attached hydrogen (secondary N) is 2. The van der Waals surface area contributed by atoms with Crippen LogP contribution in [0.3, 0.4) is 0 Å². The Morgan fingerprint density at radius 3 is 2.61 bits per heavy atom. The molecule has 0 saturated carbocycles. The van der Waals surface area contributed by atoms with Crippen molar-refractivity contribution in [1.82, 2.24) is 15.5 Å². The number of hydrogen-bond acceptors (Lipinski definition) is 5. The third-order valence-corrected chi connectivity index (χ3v) is 5.60.